The largest absolute Gasteiger partial charge is 0.365 e. The summed E-state index contributed by atoms with van der Waals surface area (Å²) in [5.74, 6) is 3.05. The smallest absolute Gasteiger partial charge is 0.270 e. The number of hydrogen-bond donors (Lipinski definition) is 2. The highest BCUT2D eigenvalue weighted by molar-refractivity contribution is 6.04. The van der Waals surface area contributed by atoms with Gasteiger partial charge in [-0.15, -0.1) is 0 Å². The maximum absolute atomic E-state index is 12.4. The van der Waals surface area contributed by atoms with Crippen molar-refractivity contribution in [2.75, 3.05) is 10.6 Å². The van der Waals surface area contributed by atoms with E-state index in [1.54, 1.807) is 12.3 Å². The zero-order chi connectivity index (χ0) is 20.0. The first-order valence-electron chi connectivity index (χ1n) is 10.3. The van der Waals surface area contributed by atoms with Crippen molar-refractivity contribution in [2.45, 2.75) is 44.1 Å². The minimum atomic E-state index is -0.511. The molecule has 4 fully saturated rings. The summed E-state index contributed by atoms with van der Waals surface area (Å²) in [5.41, 5.74) is 0.897. The Bertz CT molecular complexity index is 922. The molecule has 4 aliphatic carbocycles. The second-order valence-electron chi connectivity index (χ2n) is 9.02. The summed E-state index contributed by atoms with van der Waals surface area (Å²) in [6.07, 6.45) is 9.56. The molecule has 1 heterocycles. The Kier molecular flexibility index (Phi) is 4.26. The van der Waals surface area contributed by atoms with E-state index in [1.807, 2.05) is 12.1 Å². The number of anilines is 2. The van der Waals surface area contributed by atoms with Gasteiger partial charge in [-0.25, -0.2) is 4.98 Å². The molecule has 1 aromatic heterocycles. The van der Waals surface area contributed by atoms with E-state index in [0.717, 1.165) is 23.6 Å². The normalized spacial score (nSPS) is 29.4. The number of nitrogens with zero attached hydrogens (tertiary/aromatic N) is 2. The van der Waals surface area contributed by atoms with Crippen LogP contribution in [0.1, 0.15) is 48.9 Å². The van der Waals surface area contributed by atoms with E-state index in [1.165, 1.54) is 56.7 Å². The lowest BCUT2D eigenvalue weighted by atomic mass is 9.53. The highest BCUT2D eigenvalue weighted by Gasteiger charge is 2.51. The molecular formula is C22H24N4O3. The van der Waals surface area contributed by atoms with Crippen LogP contribution in [0.25, 0.3) is 0 Å². The third-order valence-corrected chi connectivity index (χ3v) is 6.77. The van der Waals surface area contributed by atoms with Crippen LogP contribution in [-0.4, -0.2) is 21.4 Å². The number of hydrogen-bond acceptors (Lipinski definition) is 5. The van der Waals surface area contributed by atoms with Crippen LogP contribution in [0.4, 0.5) is 17.2 Å². The third-order valence-electron chi connectivity index (χ3n) is 6.77. The summed E-state index contributed by atoms with van der Waals surface area (Å²) in [5, 5.41) is 17.4. The van der Waals surface area contributed by atoms with Gasteiger partial charge in [0.05, 0.1) is 16.8 Å². The number of nitro benzene ring substituents is 1. The lowest BCUT2D eigenvalue weighted by molar-refractivity contribution is -0.384. The van der Waals surface area contributed by atoms with Crippen LogP contribution in [0, 0.1) is 27.9 Å². The van der Waals surface area contributed by atoms with Gasteiger partial charge in [0.2, 0.25) is 0 Å². The molecule has 7 nitrogen and oxygen atoms in total. The predicted molar refractivity (Wildman–Crippen MR) is 110 cm³/mol. The topological polar surface area (TPSA) is 97.2 Å². The number of carbonyl (C=O) groups is 1. The molecule has 1 amide bonds. The molecule has 0 spiro atoms. The van der Waals surface area contributed by atoms with Crippen molar-refractivity contribution in [2.24, 2.45) is 17.8 Å². The number of amides is 1. The van der Waals surface area contributed by atoms with Gasteiger partial charge in [-0.2, -0.15) is 0 Å². The number of nitro groups is 1. The molecule has 4 saturated carbocycles. The minimum absolute atomic E-state index is 0.106. The highest BCUT2D eigenvalue weighted by atomic mass is 16.6. The van der Waals surface area contributed by atoms with Gasteiger partial charge in [-0.05, 0) is 74.5 Å². The van der Waals surface area contributed by atoms with Gasteiger partial charge in [0.25, 0.3) is 11.6 Å². The van der Waals surface area contributed by atoms with E-state index in [4.69, 9.17) is 0 Å². The number of non-ortho nitro benzene ring substituents is 1. The van der Waals surface area contributed by atoms with E-state index in [2.05, 4.69) is 15.6 Å². The van der Waals surface area contributed by atoms with Gasteiger partial charge >= 0.3 is 0 Å². The highest BCUT2D eigenvalue weighted by Crippen LogP contribution is 2.56. The first-order chi connectivity index (χ1) is 14.0. The zero-order valence-electron chi connectivity index (χ0n) is 16.1. The molecule has 0 unspecified atom stereocenters. The van der Waals surface area contributed by atoms with Gasteiger partial charge in [0, 0.05) is 23.2 Å². The van der Waals surface area contributed by atoms with Gasteiger partial charge < -0.3 is 10.6 Å². The Hall–Kier alpha value is -2.96. The van der Waals surface area contributed by atoms with Crippen LogP contribution in [-0.2, 0) is 0 Å². The van der Waals surface area contributed by atoms with Gasteiger partial charge in [0.1, 0.15) is 5.82 Å². The van der Waals surface area contributed by atoms with Gasteiger partial charge in [-0.3, -0.25) is 14.9 Å². The van der Waals surface area contributed by atoms with Crippen LogP contribution in [0.2, 0.25) is 0 Å². The van der Waals surface area contributed by atoms with Crippen LogP contribution in [0.3, 0.4) is 0 Å². The molecule has 4 aliphatic rings. The molecule has 150 valence electrons. The summed E-state index contributed by atoms with van der Waals surface area (Å²) in [7, 11) is 0. The zero-order valence-corrected chi connectivity index (χ0v) is 16.1. The SMILES string of the molecule is O=C(Nc1ccc(NC23CC4CC(CC(C4)C2)C3)nc1)c1cccc([N+](=O)[O-])c1. The van der Waals surface area contributed by atoms with Crippen molar-refractivity contribution in [1.29, 1.82) is 0 Å². The van der Waals surface area contributed by atoms with Crippen LogP contribution < -0.4 is 10.6 Å². The van der Waals surface area contributed by atoms with Crippen LogP contribution in [0.5, 0.6) is 0 Å². The van der Waals surface area contributed by atoms with E-state index < -0.39 is 10.8 Å². The average molecular weight is 392 g/mol. The van der Waals surface area contributed by atoms with Crippen molar-refractivity contribution in [3.05, 3.63) is 58.3 Å². The first-order valence-corrected chi connectivity index (χ1v) is 10.3. The van der Waals surface area contributed by atoms with Crippen molar-refractivity contribution in [1.82, 2.24) is 4.98 Å². The molecule has 29 heavy (non-hydrogen) atoms. The second kappa shape index (κ2) is 6.83. The molecule has 0 aliphatic heterocycles. The molecular weight excluding hydrogens is 368 g/mol. The summed E-state index contributed by atoms with van der Waals surface area (Å²) < 4.78 is 0. The molecule has 7 heteroatoms. The fourth-order valence-electron chi connectivity index (χ4n) is 6.04. The quantitative estimate of drug-likeness (QED) is 0.571. The number of pyridine rings is 1. The predicted octanol–water partition coefficient (Wildman–Crippen LogP) is 4.62. The summed E-state index contributed by atoms with van der Waals surface area (Å²) >= 11 is 0. The number of carbonyl (C=O) groups excluding carboxylic acids is 1. The summed E-state index contributed by atoms with van der Waals surface area (Å²) in [6, 6.07) is 9.42. The fourth-order valence-corrected chi connectivity index (χ4v) is 6.04. The van der Waals surface area contributed by atoms with E-state index in [0.29, 0.717) is 5.69 Å². The molecule has 0 radical (unpaired) electrons. The Balaban J connectivity index is 1.26. The van der Waals surface area contributed by atoms with Crippen molar-refractivity contribution in [3.8, 4) is 0 Å². The average Bonchev–Trinajstić information content (AvgIpc) is 2.68. The Morgan fingerprint density at radius 2 is 1.76 bits per heavy atom. The number of aromatic nitrogens is 1. The van der Waals surface area contributed by atoms with E-state index in [-0.39, 0.29) is 16.8 Å². The minimum Gasteiger partial charge on any atom is -0.365 e. The maximum Gasteiger partial charge on any atom is 0.270 e. The van der Waals surface area contributed by atoms with E-state index in [9.17, 15) is 14.9 Å². The Morgan fingerprint density at radius 3 is 2.34 bits per heavy atom. The monoisotopic (exact) mass is 392 g/mol. The third kappa shape index (κ3) is 3.57. The molecule has 0 atom stereocenters. The molecule has 4 bridgehead atoms. The Labute approximate surface area is 169 Å². The summed E-state index contributed by atoms with van der Waals surface area (Å²) in [4.78, 5) is 27.3. The lowest BCUT2D eigenvalue weighted by Gasteiger charge is -2.57. The lowest BCUT2D eigenvalue weighted by Crippen LogP contribution is -2.54. The maximum atomic E-state index is 12.4. The number of nitrogens with one attached hydrogen (secondary N) is 2. The molecule has 1 aromatic carbocycles. The molecule has 6 rings (SSSR count). The number of rotatable bonds is 5. The molecule has 0 saturated heterocycles. The van der Waals surface area contributed by atoms with Crippen molar-refractivity contribution >= 4 is 23.1 Å². The van der Waals surface area contributed by atoms with Crippen LogP contribution in [0.15, 0.2) is 42.6 Å². The second-order valence-corrected chi connectivity index (χ2v) is 9.02. The first kappa shape index (κ1) is 18.1. The van der Waals surface area contributed by atoms with E-state index >= 15 is 0 Å². The number of benzene rings is 1. The fraction of sp³-hybridized carbons (Fsp3) is 0.455. The molecule has 2 aromatic rings. The van der Waals surface area contributed by atoms with Crippen molar-refractivity contribution in [3.63, 3.8) is 0 Å². The van der Waals surface area contributed by atoms with Crippen molar-refractivity contribution < 1.29 is 9.72 Å². The Morgan fingerprint density at radius 1 is 1.07 bits per heavy atom. The van der Waals surface area contributed by atoms with Gasteiger partial charge in [0.15, 0.2) is 0 Å². The molecule has 2 N–H and O–H groups in total. The van der Waals surface area contributed by atoms with Crippen LogP contribution >= 0.6 is 0 Å². The summed E-state index contributed by atoms with van der Waals surface area (Å²) in [6.45, 7) is 0. The standard InChI is InChI=1S/C22H24N4O3/c27-21(17-2-1-3-19(9-17)26(28)29)24-18-4-5-20(23-13-18)25-22-10-14-6-15(11-22)8-16(7-14)12-22/h1-5,9,13-16H,6-8,10-12H2,(H,23,25)(H,24,27). The van der Waals surface area contributed by atoms with Gasteiger partial charge in [-0.1, -0.05) is 6.07 Å².